The molecule has 0 saturated carbocycles. The molecule has 0 radical (unpaired) electrons. The quantitative estimate of drug-likeness (QED) is 0.184. The molecule has 4 heteroatoms. The number of rotatable bonds is 6. The molecule has 9 aromatic rings. The molecule has 0 aliphatic heterocycles. The van der Waals surface area contributed by atoms with Crippen molar-refractivity contribution >= 4 is 21.8 Å². The Morgan fingerprint density at radius 2 is 0.735 bits per heavy atom. The van der Waals surface area contributed by atoms with Crippen molar-refractivity contribution in [3.05, 3.63) is 182 Å². The molecule has 0 fully saturated rings. The maximum absolute atomic E-state index is 4.90. The van der Waals surface area contributed by atoms with Crippen LogP contribution in [0.1, 0.15) is 0 Å². The monoisotopic (exact) mass is 626 g/mol. The van der Waals surface area contributed by atoms with E-state index in [-0.39, 0.29) is 0 Å². The summed E-state index contributed by atoms with van der Waals surface area (Å²) in [5.41, 5.74) is 11.1. The second-order valence-corrected chi connectivity index (χ2v) is 12.1. The molecule has 2 heterocycles. The molecule has 0 aliphatic carbocycles. The van der Waals surface area contributed by atoms with Crippen LogP contribution in [0, 0.1) is 0 Å². The Morgan fingerprint density at radius 3 is 1.31 bits per heavy atom. The average Bonchev–Trinajstić information content (AvgIpc) is 3.53. The van der Waals surface area contributed by atoms with Crippen molar-refractivity contribution in [3.8, 4) is 62.1 Å². The predicted molar refractivity (Wildman–Crippen MR) is 201 cm³/mol. The van der Waals surface area contributed by atoms with Gasteiger partial charge in [-0.2, -0.15) is 0 Å². The van der Waals surface area contributed by atoms with E-state index in [1.807, 2.05) is 60.7 Å². The Kier molecular flexibility index (Phi) is 7.10. The summed E-state index contributed by atoms with van der Waals surface area (Å²) < 4.78 is 2.40. The molecule has 0 spiro atoms. The number of hydrogen-bond acceptors (Lipinski definition) is 3. The Balaban J connectivity index is 1.09. The zero-order valence-corrected chi connectivity index (χ0v) is 26.6. The summed E-state index contributed by atoms with van der Waals surface area (Å²) in [5.74, 6) is 1.96. The third-order valence-electron chi connectivity index (χ3n) is 9.08. The van der Waals surface area contributed by atoms with Gasteiger partial charge in [0.05, 0.1) is 11.0 Å². The standard InChI is InChI=1S/C45H30N4/c1-4-13-33(14-5-1)38-20-12-21-40-39-19-10-11-22-41(39)49(42(38)40)37-29-27-32(28-30-37)31-23-25-36(26-24-31)45-47-43(34-15-6-2-7-16-34)46-44(48-45)35-17-8-3-9-18-35/h1-30H. The van der Waals surface area contributed by atoms with Crippen molar-refractivity contribution in [2.45, 2.75) is 0 Å². The van der Waals surface area contributed by atoms with Crippen molar-refractivity contribution in [1.82, 2.24) is 19.5 Å². The summed E-state index contributed by atoms with van der Waals surface area (Å²) >= 11 is 0. The van der Waals surface area contributed by atoms with Crippen molar-refractivity contribution in [2.24, 2.45) is 0 Å². The van der Waals surface area contributed by atoms with Gasteiger partial charge in [-0.3, -0.25) is 0 Å². The van der Waals surface area contributed by atoms with Crippen LogP contribution in [0.5, 0.6) is 0 Å². The number of benzene rings is 7. The van der Waals surface area contributed by atoms with E-state index < -0.39 is 0 Å². The molecule has 0 amide bonds. The molecule has 7 aromatic carbocycles. The van der Waals surface area contributed by atoms with Gasteiger partial charge < -0.3 is 4.57 Å². The smallest absolute Gasteiger partial charge is 0.164 e. The van der Waals surface area contributed by atoms with Gasteiger partial charge in [0.15, 0.2) is 17.5 Å². The van der Waals surface area contributed by atoms with Crippen molar-refractivity contribution in [2.75, 3.05) is 0 Å². The van der Waals surface area contributed by atoms with E-state index in [0.717, 1.165) is 33.5 Å². The minimum Gasteiger partial charge on any atom is -0.309 e. The summed E-state index contributed by atoms with van der Waals surface area (Å²) in [5, 5.41) is 2.50. The van der Waals surface area contributed by atoms with Crippen LogP contribution >= 0.6 is 0 Å². The molecule has 0 bridgehead atoms. The first-order chi connectivity index (χ1) is 24.3. The molecule has 2 aromatic heterocycles. The Labute approximate surface area is 284 Å². The van der Waals surface area contributed by atoms with Crippen molar-refractivity contribution in [1.29, 1.82) is 0 Å². The maximum Gasteiger partial charge on any atom is 0.164 e. The molecular formula is C45H30N4. The third kappa shape index (κ3) is 5.26. The van der Waals surface area contributed by atoms with Crippen LogP contribution in [-0.2, 0) is 0 Å². The maximum atomic E-state index is 4.90. The highest BCUT2D eigenvalue weighted by Crippen LogP contribution is 2.38. The lowest BCUT2D eigenvalue weighted by Gasteiger charge is -2.13. The van der Waals surface area contributed by atoms with Crippen LogP contribution in [-0.4, -0.2) is 19.5 Å². The fourth-order valence-electron chi connectivity index (χ4n) is 6.69. The van der Waals surface area contributed by atoms with Crippen molar-refractivity contribution in [3.63, 3.8) is 0 Å². The number of para-hydroxylation sites is 2. The molecule has 0 atom stereocenters. The molecule has 0 aliphatic rings. The van der Waals surface area contributed by atoms with Crippen LogP contribution in [0.25, 0.3) is 83.9 Å². The number of fused-ring (bicyclic) bond motifs is 3. The van der Waals surface area contributed by atoms with Gasteiger partial charge in [-0.15, -0.1) is 0 Å². The third-order valence-corrected chi connectivity index (χ3v) is 9.08. The Hall–Kier alpha value is -6.65. The lowest BCUT2D eigenvalue weighted by atomic mass is 10.0. The van der Waals surface area contributed by atoms with Crippen LogP contribution in [0.4, 0.5) is 0 Å². The van der Waals surface area contributed by atoms with E-state index in [1.54, 1.807) is 0 Å². The van der Waals surface area contributed by atoms with Crippen LogP contribution < -0.4 is 0 Å². The van der Waals surface area contributed by atoms with Gasteiger partial charge >= 0.3 is 0 Å². The zero-order valence-electron chi connectivity index (χ0n) is 26.6. The van der Waals surface area contributed by atoms with E-state index in [1.165, 1.54) is 32.9 Å². The first kappa shape index (κ1) is 28.6. The second kappa shape index (κ2) is 12.2. The van der Waals surface area contributed by atoms with E-state index >= 15 is 0 Å². The van der Waals surface area contributed by atoms with Gasteiger partial charge in [-0.1, -0.05) is 164 Å². The van der Waals surface area contributed by atoms with Crippen molar-refractivity contribution < 1.29 is 0 Å². The fraction of sp³-hybridized carbons (Fsp3) is 0. The Bertz CT molecular complexity index is 2500. The zero-order chi connectivity index (χ0) is 32.6. The second-order valence-electron chi connectivity index (χ2n) is 12.1. The molecular weight excluding hydrogens is 597 g/mol. The summed E-state index contributed by atoms with van der Waals surface area (Å²) in [6, 6.07) is 63.4. The molecule has 0 N–H and O–H groups in total. The molecule has 230 valence electrons. The van der Waals surface area contributed by atoms with E-state index in [9.17, 15) is 0 Å². The van der Waals surface area contributed by atoms with Crippen LogP contribution in [0.2, 0.25) is 0 Å². The normalized spacial score (nSPS) is 11.3. The van der Waals surface area contributed by atoms with E-state index in [0.29, 0.717) is 17.5 Å². The predicted octanol–water partition coefficient (Wildman–Crippen LogP) is 11.3. The van der Waals surface area contributed by atoms with E-state index in [4.69, 9.17) is 15.0 Å². The molecule has 49 heavy (non-hydrogen) atoms. The summed E-state index contributed by atoms with van der Waals surface area (Å²) in [6.45, 7) is 0. The van der Waals surface area contributed by atoms with Gasteiger partial charge in [0, 0.05) is 38.7 Å². The molecule has 0 unspecified atom stereocenters. The molecule has 0 saturated heterocycles. The number of hydrogen-bond donors (Lipinski definition) is 0. The Morgan fingerprint density at radius 1 is 0.306 bits per heavy atom. The van der Waals surface area contributed by atoms with Gasteiger partial charge in [0.2, 0.25) is 0 Å². The average molecular weight is 627 g/mol. The highest BCUT2D eigenvalue weighted by Gasteiger charge is 2.17. The molecule has 9 rings (SSSR count). The fourth-order valence-corrected chi connectivity index (χ4v) is 6.69. The number of nitrogens with zero attached hydrogens (tertiary/aromatic N) is 4. The SMILES string of the molecule is c1ccc(-c2nc(-c3ccccc3)nc(-c3ccc(-c4ccc(-n5c6ccccc6c6cccc(-c7ccccc7)c65)cc4)cc3)n2)cc1. The largest absolute Gasteiger partial charge is 0.309 e. The topological polar surface area (TPSA) is 43.6 Å². The van der Waals surface area contributed by atoms with Crippen LogP contribution in [0.15, 0.2) is 182 Å². The molecule has 4 nitrogen and oxygen atoms in total. The lowest BCUT2D eigenvalue weighted by molar-refractivity contribution is 1.07. The first-order valence-electron chi connectivity index (χ1n) is 16.5. The van der Waals surface area contributed by atoms with Crippen LogP contribution in [0.3, 0.4) is 0 Å². The van der Waals surface area contributed by atoms with Gasteiger partial charge in [-0.25, -0.2) is 15.0 Å². The highest BCUT2D eigenvalue weighted by atomic mass is 15.0. The van der Waals surface area contributed by atoms with Gasteiger partial charge in [0.25, 0.3) is 0 Å². The van der Waals surface area contributed by atoms with Gasteiger partial charge in [0.1, 0.15) is 0 Å². The summed E-state index contributed by atoms with van der Waals surface area (Å²) in [4.78, 5) is 14.6. The summed E-state index contributed by atoms with van der Waals surface area (Å²) in [7, 11) is 0. The minimum atomic E-state index is 0.648. The summed E-state index contributed by atoms with van der Waals surface area (Å²) in [6.07, 6.45) is 0. The lowest BCUT2D eigenvalue weighted by Crippen LogP contribution is -2.00. The van der Waals surface area contributed by atoms with Gasteiger partial charge in [-0.05, 0) is 34.9 Å². The minimum absolute atomic E-state index is 0.648. The first-order valence-corrected chi connectivity index (χ1v) is 16.5. The number of aromatic nitrogens is 4. The van der Waals surface area contributed by atoms with E-state index in [2.05, 4.69) is 126 Å². The highest BCUT2D eigenvalue weighted by molar-refractivity contribution is 6.13.